The van der Waals surface area contributed by atoms with Gasteiger partial charge in [-0.25, -0.2) is 18.7 Å². The molecule has 304 valence electrons. The van der Waals surface area contributed by atoms with Gasteiger partial charge in [-0.3, -0.25) is 19.6 Å². The van der Waals surface area contributed by atoms with Gasteiger partial charge >= 0.3 is 0 Å². The smallest absolute Gasteiger partial charge is 0.255 e. The summed E-state index contributed by atoms with van der Waals surface area (Å²) in [7, 11) is 0. The monoisotopic (exact) mass is 824 g/mol. The number of halogens is 3. The molecule has 0 saturated carbocycles. The van der Waals surface area contributed by atoms with Gasteiger partial charge < -0.3 is 31.2 Å². The van der Waals surface area contributed by atoms with Crippen LogP contribution in [0, 0.1) is 11.6 Å². The van der Waals surface area contributed by atoms with Crippen LogP contribution in [-0.2, 0) is 13.1 Å². The molecule has 59 heavy (non-hydrogen) atoms. The molecule has 8 rings (SSSR count). The Morgan fingerprint density at radius 3 is 1.34 bits per heavy atom. The lowest BCUT2D eigenvalue weighted by atomic mass is 10.1. The largest absolute Gasteiger partial charge is 0.436 e. The third-order valence-corrected chi connectivity index (χ3v) is 8.56. The van der Waals surface area contributed by atoms with Gasteiger partial charge in [-0.15, -0.1) is 12.4 Å². The summed E-state index contributed by atoms with van der Waals surface area (Å²) < 4.78 is 43.2. The van der Waals surface area contributed by atoms with Crippen LogP contribution in [0.2, 0.25) is 0 Å². The number of aliphatic hydroxyl groups is 2. The minimum absolute atomic E-state index is 0. The number of aromatic nitrogens is 10. The molecule has 2 atom stereocenters. The van der Waals surface area contributed by atoms with Crippen molar-refractivity contribution >= 4 is 12.4 Å². The van der Waals surface area contributed by atoms with Crippen molar-refractivity contribution in [3.05, 3.63) is 134 Å². The molecule has 2 unspecified atom stereocenters. The van der Waals surface area contributed by atoms with Crippen molar-refractivity contribution in [2.24, 2.45) is 11.5 Å². The summed E-state index contributed by atoms with van der Waals surface area (Å²) in [6, 6.07) is 23.3. The molecule has 0 aliphatic carbocycles. The first-order valence-corrected chi connectivity index (χ1v) is 17.9. The van der Waals surface area contributed by atoms with Crippen molar-refractivity contribution in [2.75, 3.05) is 13.2 Å². The summed E-state index contributed by atoms with van der Waals surface area (Å²) in [4.78, 5) is 8.11. The number of nitrogens with one attached hydrogen (secondary N) is 2. The third kappa shape index (κ3) is 10.8. The van der Waals surface area contributed by atoms with E-state index in [0.29, 0.717) is 47.1 Å². The number of aliphatic hydroxyl groups excluding tert-OH is 2. The quantitative estimate of drug-likeness (QED) is 0.0788. The van der Waals surface area contributed by atoms with Gasteiger partial charge in [0.2, 0.25) is 0 Å². The lowest BCUT2D eigenvalue weighted by molar-refractivity contribution is 0.250. The zero-order valence-corrected chi connectivity index (χ0v) is 32.0. The van der Waals surface area contributed by atoms with Gasteiger partial charge in [0.15, 0.2) is 11.6 Å². The second-order valence-corrected chi connectivity index (χ2v) is 12.9. The van der Waals surface area contributed by atoms with E-state index in [1.165, 1.54) is 24.5 Å². The molecule has 0 aliphatic heterocycles. The Labute approximate surface area is 341 Å². The first-order valence-electron chi connectivity index (χ1n) is 17.9. The number of pyridine rings is 2. The Kier molecular flexibility index (Phi) is 13.8. The van der Waals surface area contributed by atoms with Gasteiger partial charge in [0, 0.05) is 71.5 Å². The molecule has 2 aromatic carbocycles. The molecule has 0 spiro atoms. The highest BCUT2D eigenvalue weighted by atomic mass is 35.5. The van der Waals surface area contributed by atoms with E-state index in [-0.39, 0.29) is 49.5 Å². The van der Waals surface area contributed by atoms with Gasteiger partial charge in [0.05, 0.1) is 49.1 Å². The molecule has 0 bridgehead atoms. The molecule has 0 amide bonds. The number of rotatable bonds is 14. The number of aromatic amines is 2. The SMILES string of the molecule is Cl.NC(CO)Cn1ccc(-c2ccc(Oc3ncc(-c4ccn[nH]4)cc3F)cc2)n1.NC(CO)Cn1ccc(-c2ccc(Oc3ncc(-c4ccn[nH]4)cc3F)cc2)n1. The minimum atomic E-state index is -0.569. The highest BCUT2D eigenvalue weighted by Gasteiger charge is 2.13. The molecule has 16 nitrogen and oxygen atoms in total. The molecule has 0 fully saturated rings. The van der Waals surface area contributed by atoms with E-state index >= 15 is 0 Å². The van der Waals surface area contributed by atoms with Crippen molar-refractivity contribution < 1.29 is 28.5 Å². The van der Waals surface area contributed by atoms with Crippen molar-refractivity contribution in [1.82, 2.24) is 49.9 Å². The van der Waals surface area contributed by atoms with E-state index in [4.69, 9.17) is 31.2 Å². The molecule has 8 N–H and O–H groups in total. The summed E-state index contributed by atoms with van der Waals surface area (Å²) in [6.07, 6.45) is 9.81. The van der Waals surface area contributed by atoms with Gasteiger partial charge in [-0.2, -0.15) is 20.4 Å². The zero-order valence-electron chi connectivity index (χ0n) is 31.1. The highest BCUT2D eigenvalue weighted by molar-refractivity contribution is 5.85. The second-order valence-electron chi connectivity index (χ2n) is 12.9. The molecule has 6 heterocycles. The average Bonchev–Trinajstić information content (AvgIpc) is 4.10. The number of nitrogens with zero attached hydrogens (tertiary/aromatic N) is 8. The first kappa shape index (κ1) is 41.8. The number of H-pyrrole nitrogens is 2. The van der Waals surface area contributed by atoms with E-state index in [2.05, 4.69) is 40.6 Å². The van der Waals surface area contributed by atoms with E-state index in [0.717, 1.165) is 22.5 Å². The predicted molar refractivity (Wildman–Crippen MR) is 216 cm³/mol. The number of nitrogens with two attached hydrogens (primary N) is 2. The van der Waals surface area contributed by atoms with Crippen molar-refractivity contribution in [3.8, 4) is 68.3 Å². The van der Waals surface area contributed by atoms with Crippen LogP contribution in [0.25, 0.3) is 45.0 Å². The number of benzene rings is 2. The lowest BCUT2D eigenvalue weighted by Gasteiger charge is -2.08. The lowest BCUT2D eigenvalue weighted by Crippen LogP contribution is -2.30. The van der Waals surface area contributed by atoms with Crippen LogP contribution in [0.1, 0.15) is 0 Å². The van der Waals surface area contributed by atoms with Gasteiger partial charge in [-0.1, -0.05) is 0 Å². The molecule has 19 heteroatoms. The van der Waals surface area contributed by atoms with E-state index < -0.39 is 11.6 Å². The fraction of sp³-hybridized carbons (Fsp3) is 0.150. The molecule has 0 radical (unpaired) electrons. The summed E-state index contributed by atoms with van der Waals surface area (Å²) in [5.41, 5.74) is 17.2. The van der Waals surface area contributed by atoms with Gasteiger partial charge in [0.1, 0.15) is 11.5 Å². The summed E-state index contributed by atoms with van der Waals surface area (Å²) in [5, 5.41) is 40.2. The molecule has 0 saturated heterocycles. The van der Waals surface area contributed by atoms with Crippen LogP contribution in [0.5, 0.6) is 23.3 Å². The Balaban J connectivity index is 0.000000195. The van der Waals surface area contributed by atoms with Crippen molar-refractivity contribution in [3.63, 3.8) is 0 Å². The Hall–Kier alpha value is -6.83. The Morgan fingerprint density at radius 1 is 0.593 bits per heavy atom. The maximum Gasteiger partial charge on any atom is 0.255 e. The van der Waals surface area contributed by atoms with E-state index in [1.54, 1.807) is 70.5 Å². The van der Waals surface area contributed by atoms with Crippen molar-refractivity contribution in [1.29, 1.82) is 0 Å². The molecule has 6 aromatic heterocycles. The van der Waals surface area contributed by atoms with Crippen LogP contribution in [0.3, 0.4) is 0 Å². The van der Waals surface area contributed by atoms with Crippen LogP contribution < -0.4 is 20.9 Å². The minimum Gasteiger partial charge on any atom is -0.436 e. The van der Waals surface area contributed by atoms with Crippen LogP contribution >= 0.6 is 12.4 Å². The average molecular weight is 825 g/mol. The van der Waals surface area contributed by atoms with E-state index in [9.17, 15) is 8.78 Å². The maximum atomic E-state index is 14.3. The maximum absolute atomic E-state index is 14.3. The fourth-order valence-electron chi connectivity index (χ4n) is 5.57. The predicted octanol–water partition coefficient (Wildman–Crippen LogP) is 5.59. The van der Waals surface area contributed by atoms with Gasteiger partial charge in [0.25, 0.3) is 11.8 Å². The van der Waals surface area contributed by atoms with Crippen molar-refractivity contribution in [2.45, 2.75) is 25.2 Å². The third-order valence-electron chi connectivity index (χ3n) is 8.56. The summed E-state index contributed by atoms with van der Waals surface area (Å²) >= 11 is 0. The van der Waals surface area contributed by atoms with Crippen LogP contribution in [0.15, 0.2) is 122 Å². The Morgan fingerprint density at radius 2 is 1.00 bits per heavy atom. The summed E-state index contributed by atoms with van der Waals surface area (Å²) in [6.45, 7) is 0.651. The number of hydrogen-bond donors (Lipinski definition) is 6. The standard InChI is InChI=1S/2C20H19FN6O2.ClH/c2*21-17-9-14(18-5-7-24-25-18)10-23-20(17)29-16-3-1-13(2-4-16)19-6-8-27(26-19)11-15(22)12-28;/h2*1-10,15,28H,11-12,22H2,(H,24,25);1H. The molecular weight excluding hydrogens is 786 g/mol. The fourth-order valence-corrected chi connectivity index (χ4v) is 5.57. The topological polar surface area (TPSA) is 230 Å². The zero-order chi connectivity index (χ0) is 40.4. The molecule has 0 aliphatic rings. The molecule has 8 aromatic rings. The number of ether oxygens (including phenoxy) is 2. The molecular formula is C40H39ClF2N12O4. The first-order chi connectivity index (χ1) is 28.2. The summed E-state index contributed by atoms with van der Waals surface area (Å²) in [5.74, 6) is -0.445. The normalized spacial score (nSPS) is 11.9. The van der Waals surface area contributed by atoms with Gasteiger partial charge in [-0.05, 0) is 84.9 Å². The second kappa shape index (κ2) is 19.5. The van der Waals surface area contributed by atoms with Crippen LogP contribution in [0.4, 0.5) is 8.78 Å². The Bertz CT molecular complexity index is 2340. The van der Waals surface area contributed by atoms with E-state index in [1.807, 2.05) is 36.4 Å². The van der Waals surface area contributed by atoms with Crippen LogP contribution in [-0.4, -0.2) is 85.4 Å². The highest BCUT2D eigenvalue weighted by Crippen LogP contribution is 2.29. The number of hydrogen-bond acceptors (Lipinski definition) is 12.